The lowest BCUT2D eigenvalue weighted by molar-refractivity contribution is -0.139. The van der Waals surface area contributed by atoms with Gasteiger partial charge in [0.05, 0.1) is 30.9 Å². The number of phenols is 1. The number of carbonyl (C=O) groups is 2. The van der Waals surface area contributed by atoms with Crippen LogP contribution in [0.2, 0.25) is 0 Å². The molecule has 0 aromatic heterocycles. The van der Waals surface area contributed by atoms with Crippen LogP contribution in [0.5, 0.6) is 17.2 Å². The largest absolute Gasteiger partial charge is 0.507 e. The van der Waals surface area contributed by atoms with Gasteiger partial charge in [0.1, 0.15) is 23.0 Å². The molecule has 1 saturated heterocycles. The standard InChI is InChI=1S/C25H30N2O6/c1-5-33-17-9-7-16(8-10-17)22-21(23(29)19-12-11-18(32-4)15-20(19)28)24(30)25(31)27(22)14-6-13-26(2)3/h7-12,15,22,28-29H,5-6,13-14H2,1-4H3/b23-21+. The Hall–Kier alpha value is -3.52. The first-order valence-corrected chi connectivity index (χ1v) is 10.8. The second kappa shape index (κ2) is 10.4. The van der Waals surface area contributed by atoms with Gasteiger partial charge >= 0.3 is 0 Å². The molecule has 0 saturated carbocycles. The van der Waals surface area contributed by atoms with Gasteiger partial charge < -0.3 is 29.5 Å². The number of Topliss-reactive ketones (excluding diaryl/α,β-unsaturated/α-hetero) is 1. The highest BCUT2D eigenvalue weighted by Gasteiger charge is 2.46. The van der Waals surface area contributed by atoms with Crippen molar-refractivity contribution < 1.29 is 29.3 Å². The lowest BCUT2D eigenvalue weighted by atomic mass is 9.95. The van der Waals surface area contributed by atoms with Gasteiger partial charge in [-0.25, -0.2) is 0 Å². The highest BCUT2D eigenvalue weighted by atomic mass is 16.5. The predicted molar refractivity (Wildman–Crippen MR) is 124 cm³/mol. The highest BCUT2D eigenvalue weighted by molar-refractivity contribution is 6.46. The van der Waals surface area contributed by atoms with E-state index in [0.717, 1.165) is 6.54 Å². The minimum absolute atomic E-state index is 0.0537. The Kier molecular flexibility index (Phi) is 7.60. The number of phenolic OH excluding ortho intramolecular Hbond substituents is 1. The summed E-state index contributed by atoms with van der Waals surface area (Å²) in [5.74, 6) is -1.08. The topological polar surface area (TPSA) is 99.5 Å². The monoisotopic (exact) mass is 454 g/mol. The summed E-state index contributed by atoms with van der Waals surface area (Å²) in [6.45, 7) is 3.47. The maximum Gasteiger partial charge on any atom is 0.295 e. The number of rotatable bonds is 9. The third-order valence-corrected chi connectivity index (χ3v) is 5.51. The van der Waals surface area contributed by atoms with E-state index in [0.29, 0.717) is 36.6 Å². The fourth-order valence-corrected chi connectivity index (χ4v) is 3.91. The van der Waals surface area contributed by atoms with Crippen molar-refractivity contribution in [2.75, 3.05) is 40.9 Å². The minimum Gasteiger partial charge on any atom is -0.507 e. The maximum atomic E-state index is 13.1. The molecule has 2 aromatic rings. The molecule has 1 amide bonds. The van der Waals surface area contributed by atoms with Gasteiger partial charge in [-0.15, -0.1) is 0 Å². The van der Waals surface area contributed by atoms with Crippen molar-refractivity contribution in [2.24, 2.45) is 0 Å². The number of likely N-dealkylation sites (tertiary alicyclic amines) is 1. The molecular formula is C25H30N2O6. The van der Waals surface area contributed by atoms with Gasteiger partial charge in [-0.2, -0.15) is 0 Å². The van der Waals surface area contributed by atoms with E-state index in [1.807, 2.05) is 25.9 Å². The summed E-state index contributed by atoms with van der Waals surface area (Å²) in [5, 5.41) is 21.5. The average Bonchev–Trinajstić information content (AvgIpc) is 3.04. The Morgan fingerprint density at radius 2 is 1.76 bits per heavy atom. The number of ketones is 1. The Labute approximate surface area is 193 Å². The van der Waals surface area contributed by atoms with Crippen LogP contribution in [-0.4, -0.2) is 72.6 Å². The van der Waals surface area contributed by atoms with Crippen LogP contribution in [0.3, 0.4) is 0 Å². The first-order valence-electron chi connectivity index (χ1n) is 10.8. The van der Waals surface area contributed by atoms with Crippen molar-refractivity contribution in [3.63, 3.8) is 0 Å². The number of nitrogens with zero attached hydrogens (tertiary/aromatic N) is 2. The zero-order valence-corrected chi connectivity index (χ0v) is 19.4. The second-order valence-electron chi connectivity index (χ2n) is 8.03. The van der Waals surface area contributed by atoms with Crippen molar-refractivity contribution in [3.8, 4) is 17.2 Å². The smallest absolute Gasteiger partial charge is 0.295 e. The number of carbonyl (C=O) groups excluding carboxylic acids is 2. The Morgan fingerprint density at radius 3 is 2.33 bits per heavy atom. The van der Waals surface area contributed by atoms with Crippen LogP contribution in [-0.2, 0) is 9.59 Å². The van der Waals surface area contributed by atoms with Gasteiger partial charge in [0.15, 0.2) is 0 Å². The molecular weight excluding hydrogens is 424 g/mol. The molecule has 1 aliphatic rings. The van der Waals surface area contributed by atoms with Crippen LogP contribution in [0.4, 0.5) is 0 Å². The molecule has 8 heteroatoms. The zero-order chi connectivity index (χ0) is 24.1. The van der Waals surface area contributed by atoms with Crippen molar-refractivity contribution in [1.29, 1.82) is 0 Å². The number of aromatic hydroxyl groups is 1. The maximum absolute atomic E-state index is 13.1. The lowest BCUT2D eigenvalue weighted by Crippen LogP contribution is -2.32. The summed E-state index contributed by atoms with van der Waals surface area (Å²) in [7, 11) is 5.33. The van der Waals surface area contributed by atoms with Crippen LogP contribution in [0.15, 0.2) is 48.0 Å². The highest BCUT2D eigenvalue weighted by Crippen LogP contribution is 2.41. The first-order chi connectivity index (χ1) is 15.8. The summed E-state index contributed by atoms with van der Waals surface area (Å²) < 4.78 is 10.6. The summed E-state index contributed by atoms with van der Waals surface area (Å²) >= 11 is 0. The van der Waals surface area contributed by atoms with Gasteiger partial charge in [0, 0.05) is 12.6 Å². The van der Waals surface area contributed by atoms with E-state index in [9.17, 15) is 19.8 Å². The molecule has 0 spiro atoms. The zero-order valence-electron chi connectivity index (χ0n) is 19.4. The second-order valence-corrected chi connectivity index (χ2v) is 8.03. The van der Waals surface area contributed by atoms with E-state index in [-0.39, 0.29) is 16.9 Å². The van der Waals surface area contributed by atoms with E-state index < -0.39 is 23.5 Å². The van der Waals surface area contributed by atoms with Crippen molar-refractivity contribution in [1.82, 2.24) is 9.80 Å². The number of methoxy groups -OCH3 is 1. The molecule has 0 aliphatic carbocycles. The van der Waals surface area contributed by atoms with Crippen molar-refractivity contribution in [2.45, 2.75) is 19.4 Å². The van der Waals surface area contributed by atoms with Crippen LogP contribution in [0.1, 0.15) is 30.5 Å². The molecule has 1 aliphatic heterocycles. The Morgan fingerprint density at radius 1 is 1.09 bits per heavy atom. The van der Waals surface area contributed by atoms with Crippen LogP contribution in [0.25, 0.3) is 5.76 Å². The first kappa shape index (κ1) is 24.1. The Balaban J connectivity index is 2.09. The number of aliphatic hydroxyl groups is 1. The summed E-state index contributed by atoms with van der Waals surface area (Å²) in [5.41, 5.74) is 0.657. The number of amides is 1. The summed E-state index contributed by atoms with van der Waals surface area (Å²) in [4.78, 5) is 29.5. The van der Waals surface area contributed by atoms with Gasteiger partial charge in [-0.05, 0) is 63.8 Å². The van der Waals surface area contributed by atoms with Crippen LogP contribution in [0, 0.1) is 0 Å². The molecule has 1 atom stereocenters. The number of aliphatic hydroxyl groups excluding tert-OH is 1. The van der Waals surface area contributed by atoms with E-state index in [1.165, 1.54) is 24.1 Å². The molecule has 33 heavy (non-hydrogen) atoms. The molecule has 2 aromatic carbocycles. The third kappa shape index (κ3) is 5.12. The van der Waals surface area contributed by atoms with E-state index in [1.54, 1.807) is 30.3 Å². The van der Waals surface area contributed by atoms with E-state index in [2.05, 4.69) is 0 Å². The van der Waals surface area contributed by atoms with Crippen LogP contribution >= 0.6 is 0 Å². The number of ether oxygens (including phenoxy) is 2. The minimum atomic E-state index is -0.788. The fraction of sp³-hybridized carbons (Fsp3) is 0.360. The fourth-order valence-electron chi connectivity index (χ4n) is 3.91. The van der Waals surface area contributed by atoms with Gasteiger partial charge in [-0.3, -0.25) is 9.59 Å². The predicted octanol–water partition coefficient (Wildman–Crippen LogP) is 3.17. The van der Waals surface area contributed by atoms with Gasteiger partial charge in [0.2, 0.25) is 0 Å². The van der Waals surface area contributed by atoms with Gasteiger partial charge in [0.25, 0.3) is 11.7 Å². The molecule has 3 rings (SSSR count). The molecule has 1 unspecified atom stereocenters. The SMILES string of the molecule is CCOc1ccc(C2/C(=C(\O)c3ccc(OC)cc3O)C(=O)C(=O)N2CCCN(C)C)cc1. The van der Waals surface area contributed by atoms with E-state index >= 15 is 0 Å². The van der Waals surface area contributed by atoms with Gasteiger partial charge in [-0.1, -0.05) is 12.1 Å². The van der Waals surface area contributed by atoms with E-state index in [4.69, 9.17) is 9.47 Å². The molecule has 1 heterocycles. The average molecular weight is 455 g/mol. The summed E-state index contributed by atoms with van der Waals surface area (Å²) in [6, 6.07) is 10.7. The normalized spacial score (nSPS) is 17.6. The number of hydrogen-bond donors (Lipinski definition) is 2. The molecule has 2 N–H and O–H groups in total. The summed E-state index contributed by atoms with van der Waals surface area (Å²) in [6.07, 6.45) is 0.654. The van der Waals surface area contributed by atoms with Crippen molar-refractivity contribution >= 4 is 17.4 Å². The molecule has 0 bridgehead atoms. The quantitative estimate of drug-likeness (QED) is 0.341. The molecule has 0 radical (unpaired) electrons. The van der Waals surface area contributed by atoms with Crippen LogP contribution < -0.4 is 9.47 Å². The number of hydrogen-bond acceptors (Lipinski definition) is 7. The molecule has 8 nitrogen and oxygen atoms in total. The molecule has 1 fully saturated rings. The lowest BCUT2D eigenvalue weighted by Gasteiger charge is -2.26. The van der Waals surface area contributed by atoms with Crippen molar-refractivity contribution in [3.05, 3.63) is 59.2 Å². The number of benzene rings is 2. The molecule has 176 valence electrons. The third-order valence-electron chi connectivity index (χ3n) is 5.51. The Bertz CT molecular complexity index is 1050.